The smallest absolute Gasteiger partial charge is 0.140 e. The molecule has 0 aliphatic carbocycles. The van der Waals surface area contributed by atoms with Crippen LogP contribution in [0.25, 0.3) is 22.4 Å². The van der Waals surface area contributed by atoms with Crippen LogP contribution in [-0.2, 0) is 13.1 Å². The van der Waals surface area contributed by atoms with E-state index in [0.29, 0.717) is 25.3 Å². The highest BCUT2D eigenvalue weighted by Crippen LogP contribution is 2.23. The van der Waals surface area contributed by atoms with Gasteiger partial charge in [-0.25, -0.2) is 14.4 Å². The Balaban J connectivity index is 1.72. The van der Waals surface area contributed by atoms with Crippen molar-refractivity contribution in [1.82, 2.24) is 19.1 Å². The number of aromatic nitrogens is 4. The molecule has 2 aromatic carbocycles. The second-order valence-electron chi connectivity index (χ2n) is 7.62. The third-order valence-corrected chi connectivity index (χ3v) is 4.79. The largest absolute Gasteiger partial charge is 0.390 e. The highest BCUT2D eigenvalue weighted by Gasteiger charge is 2.17. The highest BCUT2D eigenvalue weighted by atomic mass is 19.1. The molecule has 1 N–H and O–H groups in total. The summed E-state index contributed by atoms with van der Waals surface area (Å²) in [5.41, 5.74) is 1.92. The number of rotatable bonds is 6. The normalized spacial score (nSPS) is 12.0. The molecule has 2 aromatic heterocycles. The zero-order chi connectivity index (χ0) is 19.7. The van der Waals surface area contributed by atoms with Crippen molar-refractivity contribution in [2.75, 3.05) is 0 Å². The first-order valence-corrected chi connectivity index (χ1v) is 9.34. The van der Waals surface area contributed by atoms with Crippen LogP contribution in [0.1, 0.15) is 26.1 Å². The molecular formula is C22H23FN4O. The molecule has 0 aliphatic rings. The Kier molecular flexibility index (Phi) is 4.73. The van der Waals surface area contributed by atoms with Crippen molar-refractivity contribution >= 4 is 11.0 Å². The molecule has 4 rings (SSSR count). The lowest BCUT2D eigenvalue weighted by atomic mass is 10.1. The van der Waals surface area contributed by atoms with Crippen LogP contribution in [0.3, 0.4) is 0 Å². The highest BCUT2D eigenvalue weighted by molar-refractivity contribution is 5.76. The first-order chi connectivity index (χ1) is 13.4. The molecule has 5 nitrogen and oxygen atoms in total. The standard InChI is InChI=1S/C22H23FN4O/c1-22(2,28)10-12-27-19-9-4-3-8-18(19)25-20(27)15-26-13-11-24-21(26)16-6-5-7-17(23)14-16/h3-9,11,13-14,28H,10,12,15H2,1-2H3. The molecule has 0 radical (unpaired) electrons. The number of nitrogens with zero attached hydrogens (tertiary/aromatic N) is 4. The molecule has 0 atom stereocenters. The van der Waals surface area contributed by atoms with E-state index in [4.69, 9.17) is 4.98 Å². The monoisotopic (exact) mass is 378 g/mol. The van der Waals surface area contributed by atoms with Gasteiger partial charge in [-0.3, -0.25) is 0 Å². The number of hydrogen-bond donors (Lipinski definition) is 1. The van der Waals surface area contributed by atoms with E-state index in [0.717, 1.165) is 22.4 Å². The fourth-order valence-electron chi connectivity index (χ4n) is 3.36. The predicted molar refractivity (Wildman–Crippen MR) is 107 cm³/mol. The van der Waals surface area contributed by atoms with Gasteiger partial charge in [-0.15, -0.1) is 0 Å². The molecule has 144 valence electrons. The lowest BCUT2D eigenvalue weighted by molar-refractivity contribution is 0.0663. The van der Waals surface area contributed by atoms with E-state index >= 15 is 0 Å². The summed E-state index contributed by atoms with van der Waals surface area (Å²) < 4.78 is 17.8. The van der Waals surface area contributed by atoms with Crippen molar-refractivity contribution < 1.29 is 9.50 Å². The molecule has 0 saturated carbocycles. The van der Waals surface area contributed by atoms with Gasteiger partial charge in [0.25, 0.3) is 0 Å². The number of para-hydroxylation sites is 2. The zero-order valence-electron chi connectivity index (χ0n) is 16.0. The molecule has 0 fully saturated rings. The number of hydrogen-bond acceptors (Lipinski definition) is 3. The summed E-state index contributed by atoms with van der Waals surface area (Å²) in [6.07, 6.45) is 4.20. The fourth-order valence-corrected chi connectivity index (χ4v) is 3.36. The molecular weight excluding hydrogens is 355 g/mol. The lowest BCUT2D eigenvalue weighted by Gasteiger charge is -2.19. The fraction of sp³-hybridized carbons (Fsp3) is 0.273. The zero-order valence-corrected chi connectivity index (χ0v) is 16.0. The van der Waals surface area contributed by atoms with Crippen molar-refractivity contribution in [2.24, 2.45) is 0 Å². The summed E-state index contributed by atoms with van der Waals surface area (Å²) in [5.74, 6) is 1.28. The van der Waals surface area contributed by atoms with Crippen LogP contribution in [0.4, 0.5) is 4.39 Å². The van der Waals surface area contributed by atoms with E-state index < -0.39 is 5.60 Å². The third kappa shape index (κ3) is 3.82. The van der Waals surface area contributed by atoms with Crippen LogP contribution in [0, 0.1) is 5.82 Å². The SMILES string of the molecule is CC(C)(O)CCn1c(Cn2ccnc2-c2cccc(F)c2)nc2ccccc21. The first-order valence-electron chi connectivity index (χ1n) is 9.34. The van der Waals surface area contributed by atoms with E-state index in [2.05, 4.69) is 9.55 Å². The van der Waals surface area contributed by atoms with Gasteiger partial charge in [-0.05, 0) is 44.5 Å². The Morgan fingerprint density at radius 1 is 1.11 bits per heavy atom. The van der Waals surface area contributed by atoms with Crippen LogP contribution < -0.4 is 0 Å². The lowest BCUT2D eigenvalue weighted by Crippen LogP contribution is -2.22. The Morgan fingerprint density at radius 3 is 2.71 bits per heavy atom. The van der Waals surface area contributed by atoms with Crippen molar-refractivity contribution in [3.63, 3.8) is 0 Å². The minimum atomic E-state index is -0.760. The number of fused-ring (bicyclic) bond motifs is 1. The van der Waals surface area contributed by atoms with Crippen LogP contribution >= 0.6 is 0 Å². The molecule has 0 unspecified atom stereocenters. The summed E-state index contributed by atoms with van der Waals surface area (Å²) in [6, 6.07) is 14.4. The maximum absolute atomic E-state index is 13.7. The van der Waals surface area contributed by atoms with Crippen molar-refractivity contribution in [3.05, 3.63) is 72.6 Å². The number of aryl methyl sites for hydroxylation is 1. The summed E-state index contributed by atoms with van der Waals surface area (Å²) >= 11 is 0. The van der Waals surface area contributed by atoms with Crippen LogP contribution in [0.2, 0.25) is 0 Å². The van der Waals surface area contributed by atoms with E-state index in [9.17, 15) is 9.50 Å². The van der Waals surface area contributed by atoms with Crippen molar-refractivity contribution in [1.29, 1.82) is 0 Å². The molecule has 0 saturated heterocycles. The van der Waals surface area contributed by atoms with Gasteiger partial charge in [-0.2, -0.15) is 0 Å². The Bertz CT molecular complexity index is 1110. The first kappa shape index (κ1) is 18.4. The van der Waals surface area contributed by atoms with Crippen LogP contribution in [0.15, 0.2) is 60.9 Å². The number of halogens is 1. The quantitative estimate of drug-likeness (QED) is 0.546. The summed E-state index contributed by atoms with van der Waals surface area (Å²) in [4.78, 5) is 9.21. The molecule has 0 aliphatic heterocycles. The van der Waals surface area contributed by atoms with Crippen LogP contribution in [0.5, 0.6) is 0 Å². The van der Waals surface area contributed by atoms with Gasteiger partial charge >= 0.3 is 0 Å². The number of benzene rings is 2. The maximum atomic E-state index is 13.7. The van der Waals surface area contributed by atoms with E-state index in [1.807, 2.05) is 54.9 Å². The average molecular weight is 378 g/mol. The second kappa shape index (κ2) is 7.20. The van der Waals surface area contributed by atoms with Crippen LogP contribution in [-0.4, -0.2) is 29.8 Å². The molecule has 0 spiro atoms. The molecule has 28 heavy (non-hydrogen) atoms. The molecule has 2 heterocycles. The van der Waals surface area contributed by atoms with Gasteiger partial charge in [0.2, 0.25) is 0 Å². The average Bonchev–Trinajstić information content (AvgIpc) is 3.24. The van der Waals surface area contributed by atoms with Gasteiger partial charge in [0.1, 0.15) is 17.5 Å². The minimum Gasteiger partial charge on any atom is -0.390 e. The predicted octanol–water partition coefficient (Wildman–Crippen LogP) is 4.25. The second-order valence-corrected chi connectivity index (χ2v) is 7.62. The van der Waals surface area contributed by atoms with Gasteiger partial charge in [-0.1, -0.05) is 24.3 Å². The summed E-state index contributed by atoms with van der Waals surface area (Å²) in [7, 11) is 0. The Hall–Kier alpha value is -2.99. The van der Waals surface area contributed by atoms with Crippen molar-refractivity contribution in [3.8, 4) is 11.4 Å². The molecule has 6 heteroatoms. The molecule has 0 bridgehead atoms. The Morgan fingerprint density at radius 2 is 1.93 bits per heavy atom. The van der Waals surface area contributed by atoms with Gasteiger partial charge in [0.15, 0.2) is 0 Å². The van der Waals surface area contributed by atoms with E-state index in [-0.39, 0.29) is 5.82 Å². The van der Waals surface area contributed by atoms with Gasteiger partial charge in [0.05, 0.1) is 23.2 Å². The molecule has 4 aromatic rings. The number of aliphatic hydroxyl groups is 1. The minimum absolute atomic E-state index is 0.288. The Labute approximate surface area is 163 Å². The van der Waals surface area contributed by atoms with E-state index in [1.165, 1.54) is 12.1 Å². The maximum Gasteiger partial charge on any atom is 0.140 e. The topological polar surface area (TPSA) is 55.9 Å². The van der Waals surface area contributed by atoms with Gasteiger partial charge < -0.3 is 14.2 Å². The van der Waals surface area contributed by atoms with E-state index in [1.54, 1.807) is 12.3 Å². The number of imidazole rings is 2. The van der Waals surface area contributed by atoms with Gasteiger partial charge in [0, 0.05) is 24.5 Å². The third-order valence-electron chi connectivity index (χ3n) is 4.79. The summed E-state index contributed by atoms with van der Waals surface area (Å²) in [6.45, 7) is 4.78. The van der Waals surface area contributed by atoms with Crippen molar-refractivity contribution in [2.45, 2.75) is 39.0 Å². The molecule has 0 amide bonds. The summed E-state index contributed by atoms with van der Waals surface area (Å²) in [5, 5.41) is 10.2.